The molecule has 1 N–H and O–H groups in total. The van der Waals surface area contributed by atoms with Crippen molar-refractivity contribution in [1.29, 1.82) is 0 Å². The number of ketones is 1. The van der Waals surface area contributed by atoms with Crippen molar-refractivity contribution in [2.45, 2.75) is 25.9 Å². The summed E-state index contributed by atoms with van der Waals surface area (Å²) >= 11 is 0. The van der Waals surface area contributed by atoms with Gasteiger partial charge in [0.15, 0.2) is 17.3 Å². The van der Waals surface area contributed by atoms with E-state index in [1.54, 1.807) is 0 Å². The number of phenolic OH excluding ortho intramolecular Hbond substituents is 1. The lowest BCUT2D eigenvalue weighted by molar-refractivity contribution is -0.149. The molecule has 118 valence electrons. The number of rotatable bonds is 4. The Hall–Kier alpha value is -2.21. The maximum absolute atomic E-state index is 13.0. The van der Waals surface area contributed by atoms with Crippen LogP contribution in [0.5, 0.6) is 5.75 Å². The number of hydrogen-bond acceptors (Lipinski definition) is 5. The molecule has 0 unspecified atom stereocenters. The number of halogens is 1. The minimum Gasteiger partial charge on any atom is -0.505 e. The molecule has 6 heteroatoms. The van der Waals surface area contributed by atoms with E-state index >= 15 is 0 Å². The summed E-state index contributed by atoms with van der Waals surface area (Å²) in [6, 6.07) is 3.56. The van der Waals surface area contributed by atoms with Gasteiger partial charge in [0.25, 0.3) is 0 Å². The first-order valence-corrected chi connectivity index (χ1v) is 6.97. The molecule has 0 atom stereocenters. The van der Waals surface area contributed by atoms with E-state index in [9.17, 15) is 19.1 Å². The molecular formula is C16H17FO5. The van der Waals surface area contributed by atoms with Crippen molar-refractivity contribution in [3.8, 4) is 5.75 Å². The van der Waals surface area contributed by atoms with Gasteiger partial charge in [0.05, 0.1) is 13.2 Å². The molecule has 0 radical (unpaired) electrons. The molecule has 1 aliphatic heterocycles. The summed E-state index contributed by atoms with van der Waals surface area (Å²) in [6.45, 7) is 2.28. The monoisotopic (exact) mass is 308 g/mol. The third-order valence-corrected chi connectivity index (χ3v) is 3.32. The molecule has 0 amide bonds. The molecule has 5 nitrogen and oxygen atoms in total. The molecule has 22 heavy (non-hydrogen) atoms. The second-order valence-corrected chi connectivity index (χ2v) is 5.04. The van der Waals surface area contributed by atoms with Crippen LogP contribution in [0, 0.1) is 5.82 Å². The summed E-state index contributed by atoms with van der Waals surface area (Å²) in [6.07, 6.45) is 2.19. The minimum atomic E-state index is -0.772. The van der Waals surface area contributed by atoms with Crippen LogP contribution < -0.4 is 0 Å². The van der Waals surface area contributed by atoms with Gasteiger partial charge in [0.1, 0.15) is 11.7 Å². The highest BCUT2D eigenvalue weighted by Crippen LogP contribution is 2.20. The Morgan fingerprint density at radius 1 is 1.36 bits per heavy atom. The van der Waals surface area contributed by atoms with Crippen LogP contribution in [0.4, 0.5) is 4.39 Å². The van der Waals surface area contributed by atoms with Gasteiger partial charge in [0, 0.05) is 12.8 Å². The molecule has 0 spiro atoms. The molecular weight excluding hydrogens is 291 g/mol. The fraction of sp³-hybridized carbons (Fsp3) is 0.375. The van der Waals surface area contributed by atoms with E-state index in [-0.39, 0.29) is 11.7 Å². The van der Waals surface area contributed by atoms with E-state index in [0.717, 1.165) is 12.1 Å². The average molecular weight is 308 g/mol. The zero-order chi connectivity index (χ0) is 16.1. The van der Waals surface area contributed by atoms with Crippen molar-refractivity contribution in [2.75, 3.05) is 13.2 Å². The van der Waals surface area contributed by atoms with Gasteiger partial charge in [0.2, 0.25) is 0 Å². The maximum Gasteiger partial charge on any atom is 0.342 e. The van der Waals surface area contributed by atoms with Gasteiger partial charge in [-0.05, 0) is 30.7 Å². The van der Waals surface area contributed by atoms with Crippen LogP contribution in [-0.2, 0) is 19.1 Å². The molecule has 0 bridgehead atoms. The average Bonchev–Trinajstić information content (AvgIpc) is 2.49. The van der Waals surface area contributed by atoms with E-state index in [1.807, 2.05) is 0 Å². The predicted octanol–water partition coefficient (Wildman–Crippen LogP) is 2.23. The second kappa shape index (κ2) is 7.17. The maximum atomic E-state index is 13.0. The highest BCUT2D eigenvalue weighted by Gasteiger charge is 2.22. The van der Waals surface area contributed by atoms with Crippen molar-refractivity contribution >= 4 is 17.8 Å². The van der Waals surface area contributed by atoms with Gasteiger partial charge in [-0.1, -0.05) is 6.07 Å². The lowest BCUT2D eigenvalue weighted by Gasteiger charge is -2.22. The lowest BCUT2D eigenvalue weighted by atomic mass is 10.1. The van der Waals surface area contributed by atoms with Gasteiger partial charge in [-0.2, -0.15) is 0 Å². The van der Waals surface area contributed by atoms with E-state index < -0.39 is 23.3 Å². The smallest absolute Gasteiger partial charge is 0.342 e. The van der Waals surface area contributed by atoms with Gasteiger partial charge in [-0.3, -0.25) is 4.79 Å². The fourth-order valence-corrected chi connectivity index (χ4v) is 2.10. The number of phenols is 1. The normalized spacial score (nSPS) is 16.4. The predicted molar refractivity (Wildman–Crippen MR) is 76.7 cm³/mol. The third kappa shape index (κ3) is 4.14. The van der Waals surface area contributed by atoms with Gasteiger partial charge in [-0.25, -0.2) is 9.18 Å². The summed E-state index contributed by atoms with van der Waals surface area (Å²) in [4.78, 5) is 23.8. The highest BCUT2D eigenvalue weighted by molar-refractivity contribution is 6.19. The number of esters is 1. The number of Topliss-reactive ketones (excluding diaryl/α,β-unsaturated/α-hetero) is 1. The van der Waals surface area contributed by atoms with Crippen LogP contribution in [0.2, 0.25) is 0 Å². The van der Waals surface area contributed by atoms with Crippen LogP contribution >= 0.6 is 0 Å². The first-order chi connectivity index (χ1) is 10.5. The number of benzene rings is 1. The largest absolute Gasteiger partial charge is 0.505 e. The van der Waals surface area contributed by atoms with Gasteiger partial charge >= 0.3 is 5.97 Å². The van der Waals surface area contributed by atoms with Crippen molar-refractivity contribution < 1.29 is 28.6 Å². The van der Waals surface area contributed by atoms with Gasteiger partial charge < -0.3 is 14.6 Å². The van der Waals surface area contributed by atoms with Crippen molar-refractivity contribution in [2.24, 2.45) is 0 Å². The Morgan fingerprint density at radius 2 is 2.05 bits per heavy atom. The van der Waals surface area contributed by atoms with Crippen LogP contribution in [0.25, 0.3) is 6.08 Å². The topological polar surface area (TPSA) is 72.8 Å². The Kier molecular flexibility index (Phi) is 5.27. The molecule has 1 heterocycles. The zero-order valence-corrected chi connectivity index (χ0v) is 12.2. The van der Waals surface area contributed by atoms with E-state index in [2.05, 4.69) is 0 Å². The summed E-state index contributed by atoms with van der Waals surface area (Å²) in [5.74, 6) is -2.50. The molecule has 0 saturated carbocycles. The minimum absolute atomic E-state index is 0.141. The summed E-state index contributed by atoms with van der Waals surface area (Å²) in [5, 5.41) is 9.33. The molecule has 1 fully saturated rings. The SMILES string of the molecule is CC(=O)/C(=C/c1ccc(F)c(O)c1)C(=O)OC1CCOCC1. The van der Waals surface area contributed by atoms with Crippen LogP contribution in [0.1, 0.15) is 25.3 Å². The standard InChI is InChI=1S/C16H17FO5/c1-10(18)13(8-11-2-3-14(17)15(19)9-11)16(20)22-12-4-6-21-7-5-12/h2-3,8-9,12,19H,4-7H2,1H3/b13-8-. The first-order valence-electron chi connectivity index (χ1n) is 6.97. The Balaban J connectivity index is 2.17. The molecule has 2 rings (SSSR count). The molecule has 1 aromatic carbocycles. The van der Waals surface area contributed by atoms with E-state index in [4.69, 9.17) is 9.47 Å². The third-order valence-electron chi connectivity index (χ3n) is 3.32. The van der Waals surface area contributed by atoms with Crippen LogP contribution in [0.15, 0.2) is 23.8 Å². The quantitative estimate of drug-likeness (QED) is 0.400. The van der Waals surface area contributed by atoms with Crippen molar-refractivity contribution in [3.05, 3.63) is 35.2 Å². The summed E-state index contributed by atoms with van der Waals surface area (Å²) < 4.78 is 23.5. The summed E-state index contributed by atoms with van der Waals surface area (Å²) in [7, 11) is 0. The van der Waals surface area contributed by atoms with Crippen molar-refractivity contribution in [3.63, 3.8) is 0 Å². The van der Waals surface area contributed by atoms with Crippen molar-refractivity contribution in [1.82, 2.24) is 0 Å². The highest BCUT2D eigenvalue weighted by atomic mass is 19.1. The molecule has 0 aliphatic carbocycles. The molecule has 1 aliphatic rings. The number of hydrogen-bond donors (Lipinski definition) is 1. The summed E-state index contributed by atoms with van der Waals surface area (Å²) in [5.41, 5.74) is 0.200. The first kappa shape index (κ1) is 16.2. The molecule has 0 aromatic heterocycles. The number of carbonyl (C=O) groups is 2. The second-order valence-electron chi connectivity index (χ2n) is 5.04. The molecule has 1 aromatic rings. The fourth-order valence-electron chi connectivity index (χ4n) is 2.10. The van der Waals surface area contributed by atoms with Gasteiger partial charge in [-0.15, -0.1) is 0 Å². The lowest BCUT2D eigenvalue weighted by Crippen LogP contribution is -2.27. The zero-order valence-electron chi connectivity index (χ0n) is 12.2. The Labute approximate surface area is 127 Å². The Morgan fingerprint density at radius 3 is 2.64 bits per heavy atom. The molecule has 1 saturated heterocycles. The van der Waals surface area contributed by atoms with Crippen LogP contribution in [0.3, 0.4) is 0 Å². The number of carbonyl (C=O) groups excluding carboxylic acids is 2. The Bertz CT molecular complexity index is 603. The number of aromatic hydroxyl groups is 1. The number of ether oxygens (including phenoxy) is 2. The van der Waals surface area contributed by atoms with E-state index in [0.29, 0.717) is 31.6 Å². The van der Waals surface area contributed by atoms with Crippen LogP contribution in [-0.4, -0.2) is 36.2 Å². The van der Waals surface area contributed by atoms with E-state index in [1.165, 1.54) is 19.1 Å².